The monoisotopic (exact) mass is 889 g/mol. The lowest BCUT2D eigenvalue weighted by Crippen LogP contribution is -2.45. The number of allylic oxidation sites excluding steroid dienone is 11. The van der Waals surface area contributed by atoms with Crippen molar-refractivity contribution in [2.45, 2.75) is 219 Å². The Kier molecular flexibility index (Phi) is 42.7. The fourth-order valence-electron chi connectivity index (χ4n) is 6.90. The minimum atomic E-state index is -4.61. The Balaban J connectivity index is 4.39. The topological polar surface area (TPSA) is 108 Å². The number of quaternary nitrogens is 1. The number of nitrogens with one attached hydrogen (secondary N) is 1. The van der Waals surface area contributed by atoms with Gasteiger partial charge in [0.25, 0.3) is 7.82 Å². The maximum absolute atomic E-state index is 12.9. The van der Waals surface area contributed by atoms with Gasteiger partial charge in [-0.2, -0.15) is 0 Å². The molecule has 0 saturated heterocycles. The van der Waals surface area contributed by atoms with Crippen LogP contribution in [0.1, 0.15) is 206 Å². The first kappa shape index (κ1) is 59.9. The van der Waals surface area contributed by atoms with Crippen molar-refractivity contribution in [3.63, 3.8) is 0 Å². The van der Waals surface area contributed by atoms with Crippen molar-refractivity contribution in [2.75, 3.05) is 40.9 Å². The fourth-order valence-corrected chi connectivity index (χ4v) is 7.63. The van der Waals surface area contributed by atoms with Crippen LogP contribution in [0.3, 0.4) is 0 Å². The number of phosphoric acid groups is 1. The quantitative estimate of drug-likeness (QED) is 0.0273. The van der Waals surface area contributed by atoms with Gasteiger partial charge in [0.05, 0.1) is 39.9 Å². The van der Waals surface area contributed by atoms with Crippen molar-refractivity contribution in [1.82, 2.24) is 5.32 Å². The summed E-state index contributed by atoms with van der Waals surface area (Å²) in [5, 5.41) is 13.8. The number of carbonyl (C=O) groups excluding carboxylic acids is 1. The third-order valence-electron chi connectivity index (χ3n) is 10.9. The Bertz CT molecular complexity index is 1240. The van der Waals surface area contributed by atoms with Crippen LogP contribution >= 0.6 is 7.82 Å². The zero-order chi connectivity index (χ0) is 45.7. The molecule has 8 nitrogen and oxygen atoms in total. The molecule has 0 aliphatic rings. The molecule has 0 aromatic carbocycles. The van der Waals surface area contributed by atoms with Gasteiger partial charge in [-0.1, -0.05) is 196 Å². The van der Waals surface area contributed by atoms with E-state index in [9.17, 15) is 19.4 Å². The van der Waals surface area contributed by atoms with Gasteiger partial charge in [0.1, 0.15) is 13.2 Å². The molecule has 0 fully saturated rings. The maximum atomic E-state index is 12.9. The van der Waals surface area contributed by atoms with Gasteiger partial charge in [-0.25, -0.2) is 0 Å². The van der Waals surface area contributed by atoms with Gasteiger partial charge in [0.2, 0.25) is 5.91 Å². The number of likely N-dealkylation sites (N-methyl/N-ethyl adjacent to an activating group) is 1. The predicted octanol–water partition coefficient (Wildman–Crippen LogP) is 14.1. The van der Waals surface area contributed by atoms with Gasteiger partial charge in [-0.3, -0.25) is 9.36 Å². The van der Waals surface area contributed by atoms with E-state index in [1.165, 1.54) is 103 Å². The minimum Gasteiger partial charge on any atom is -0.756 e. The van der Waals surface area contributed by atoms with Gasteiger partial charge in [0.15, 0.2) is 0 Å². The number of aliphatic hydroxyl groups excluding tert-OH is 1. The molecule has 0 aromatic rings. The summed E-state index contributed by atoms with van der Waals surface area (Å²) in [7, 11) is 1.21. The van der Waals surface area contributed by atoms with E-state index in [1.54, 1.807) is 6.08 Å². The first-order valence-electron chi connectivity index (χ1n) is 25.3. The SMILES string of the molecule is CC/C=C\C/C=C\C/C=C\CCCCCCCC(=O)NC(COP(=O)([O-])OCC[N+](C)(C)C)C(O)/C=C/CC/C=C/CC/C=C/CCCCCCCCCCCCCCCCC. The molecule has 9 heteroatoms. The van der Waals surface area contributed by atoms with Crippen LogP contribution in [0.5, 0.6) is 0 Å². The normalized spacial score (nSPS) is 14.8. The number of amides is 1. The van der Waals surface area contributed by atoms with E-state index in [2.05, 4.69) is 79.9 Å². The van der Waals surface area contributed by atoms with Crippen molar-refractivity contribution in [2.24, 2.45) is 0 Å². The van der Waals surface area contributed by atoms with Crippen molar-refractivity contribution in [3.05, 3.63) is 72.9 Å². The molecule has 360 valence electrons. The molecular weight excluding hydrogens is 792 g/mol. The molecule has 0 bridgehead atoms. The number of hydrogen-bond acceptors (Lipinski definition) is 6. The fraction of sp³-hybridized carbons (Fsp3) is 0.755. The van der Waals surface area contributed by atoms with E-state index in [0.717, 1.165) is 83.5 Å². The average Bonchev–Trinajstić information content (AvgIpc) is 3.23. The molecular formula is C53H97N2O6P. The smallest absolute Gasteiger partial charge is 0.268 e. The number of unbranched alkanes of at least 4 members (excludes halogenated alkanes) is 22. The van der Waals surface area contributed by atoms with Gasteiger partial charge in [-0.05, 0) is 77.0 Å². The summed E-state index contributed by atoms with van der Waals surface area (Å²) >= 11 is 0. The second kappa shape index (κ2) is 44.2. The van der Waals surface area contributed by atoms with Gasteiger partial charge in [-0.15, -0.1) is 0 Å². The first-order valence-corrected chi connectivity index (χ1v) is 26.8. The van der Waals surface area contributed by atoms with Crippen LogP contribution < -0.4 is 10.2 Å². The highest BCUT2D eigenvalue weighted by molar-refractivity contribution is 7.45. The van der Waals surface area contributed by atoms with Gasteiger partial charge in [0, 0.05) is 6.42 Å². The Morgan fingerprint density at radius 2 is 1.00 bits per heavy atom. The summed E-state index contributed by atoms with van der Waals surface area (Å²) in [5.74, 6) is -0.231. The molecule has 0 heterocycles. The Labute approximate surface area is 383 Å². The third kappa shape index (κ3) is 45.9. The molecule has 0 radical (unpaired) electrons. The van der Waals surface area contributed by atoms with Crippen molar-refractivity contribution >= 4 is 13.7 Å². The summed E-state index contributed by atoms with van der Waals surface area (Å²) in [6, 6.07) is -0.922. The van der Waals surface area contributed by atoms with E-state index < -0.39 is 26.6 Å². The van der Waals surface area contributed by atoms with Crippen LogP contribution in [0, 0.1) is 0 Å². The van der Waals surface area contributed by atoms with E-state index >= 15 is 0 Å². The van der Waals surface area contributed by atoms with Crippen LogP contribution in [0.2, 0.25) is 0 Å². The number of rotatable bonds is 45. The lowest BCUT2D eigenvalue weighted by Gasteiger charge is -2.29. The van der Waals surface area contributed by atoms with Crippen molar-refractivity contribution < 1.29 is 32.9 Å². The molecule has 2 N–H and O–H groups in total. The summed E-state index contributed by atoms with van der Waals surface area (Å²) in [5.41, 5.74) is 0. The number of nitrogens with zero attached hydrogens (tertiary/aromatic N) is 1. The van der Waals surface area contributed by atoms with Crippen molar-refractivity contribution in [1.29, 1.82) is 0 Å². The van der Waals surface area contributed by atoms with Crippen LogP contribution in [0.15, 0.2) is 72.9 Å². The molecule has 3 unspecified atom stereocenters. The molecule has 1 amide bonds. The van der Waals surface area contributed by atoms with Crippen LogP contribution in [-0.4, -0.2) is 68.5 Å². The highest BCUT2D eigenvalue weighted by Gasteiger charge is 2.23. The molecule has 0 rings (SSSR count). The molecule has 0 aliphatic heterocycles. The second-order valence-corrected chi connectivity index (χ2v) is 19.5. The van der Waals surface area contributed by atoms with Crippen LogP contribution in [-0.2, 0) is 18.4 Å². The zero-order valence-electron chi connectivity index (χ0n) is 40.8. The van der Waals surface area contributed by atoms with E-state index in [0.29, 0.717) is 17.4 Å². The first-order chi connectivity index (χ1) is 30.0. The zero-order valence-corrected chi connectivity index (χ0v) is 41.7. The Hall–Kier alpha value is -2.06. The summed E-state index contributed by atoms with van der Waals surface area (Å²) < 4.78 is 23.2. The summed E-state index contributed by atoms with van der Waals surface area (Å²) in [6.07, 6.45) is 59.7. The number of phosphoric ester groups is 1. The third-order valence-corrected chi connectivity index (χ3v) is 11.8. The largest absolute Gasteiger partial charge is 0.756 e. The standard InChI is InChI=1S/C53H97N2O6P/c1-6-8-10-12-14-16-18-20-22-23-24-25-26-27-28-29-30-31-33-34-36-38-40-42-44-46-52(56)51(50-61-62(58,59)60-49-48-55(3,4)5)54-53(57)47-45-43-41-39-37-35-32-21-19-17-15-13-11-9-7-2/h9,11,15,17,21,30-32,36,38,44,46,51-52,56H,6-8,10,12-14,16,18-20,22-29,33-35,37,39-43,45,47-50H2,1-5H3,(H-,54,57,58,59)/b11-9-,17-15-,31-30+,32-21-,38-36+,46-44+. The lowest BCUT2D eigenvalue weighted by molar-refractivity contribution is -0.870. The van der Waals surface area contributed by atoms with Crippen molar-refractivity contribution in [3.8, 4) is 0 Å². The highest BCUT2D eigenvalue weighted by atomic mass is 31.2. The molecule has 0 spiro atoms. The highest BCUT2D eigenvalue weighted by Crippen LogP contribution is 2.38. The number of carbonyl (C=O) groups is 1. The molecule has 0 aromatic heterocycles. The van der Waals surface area contributed by atoms with Crippen LogP contribution in [0.25, 0.3) is 0 Å². The van der Waals surface area contributed by atoms with E-state index in [4.69, 9.17) is 9.05 Å². The van der Waals surface area contributed by atoms with Gasteiger partial charge >= 0.3 is 0 Å². The maximum Gasteiger partial charge on any atom is 0.268 e. The summed E-state index contributed by atoms with van der Waals surface area (Å²) in [6.45, 7) is 4.49. The molecule has 0 saturated carbocycles. The summed E-state index contributed by atoms with van der Waals surface area (Å²) in [4.78, 5) is 25.4. The van der Waals surface area contributed by atoms with Gasteiger partial charge < -0.3 is 28.8 Å². The molecule has 3 atom stereocenters. The minimum absolute atomic E-state index is 0.0159. The predicted molar refractivity (Wildman–Crippen MR) is 265 cm³/mol. The number of hydrogen-bond donors (Lipinski definition) is 2. The Morgan fingerprint density at radius 1 is 0.581 bits per heavy atom. The molecule has 62 heavy (non-hydrogen) atoms. The van der Waals surface area contributed by atoms with Crippen LogP contribution in [0.4, 0.5) is 0 Å². The van der Waals surface area contributed by atoms with E-state index in [-0.39, 0.29) is 12.5 Å². The van der Waals surface area contributed by atoms with E-state index in [1.807, 2.05) is 27.2 Å². The second-order valence-electron chi connectivity index (χ2n) is 18.1. The average molecular weight is 889 g/mol. The lowest BCUT2D eigenvalue weighted by atomic mass is 10.0. The Morgan fingerprint density at radius 3 is 1.50 bits per heavy atom. The number of aliphatic hydroxyl groups is 1. The molecule has 0 aliphatic carbocycles.